The minimum atomic E-state index is 0.557. The second-order valence-electron chi connectivity index (χ2n) is 5.72. The van der Waals surface area contributed by atoms with Gasteiger partial charge in [-0.05, 0) is 49.7 Å². The van der Waals surface area contributed by atoms with Crippen molar-refractivity contribution in [1.82, 2.24) is 20.0 Å². The third-order valence-corrected chi connectivity index (χ3v) is 3.86. The largest absolute Gasteiger partial charge is 0.375 e. The lowest BCUT2D eigenvalue weighted by Gasteiger charge is -2.07. The van der Waals surface area contributed by atoms with Gasteiger partial charge >= 0.3 is 0 Å². The fourth-order valence-corrected chi connectivity index (χ4v) is 2.54. The molecule has 0 aliphatic carbocycles. The minimum absolute atomic E-state index is 0.557. The SMILES string of the molecule is Cc1cc(C)n(-c2ccc(NCCOCc3ccc(Cl)cc3)nn2)n1. The van der Waals surface area contributed by atoms with Crippen LogP contribution in [-0.4, -0.2) is 33.1 Å². The fraction of sp³-hybridized carbons (Fsp3) is 0.278. The molecule has 0 aliphatic rings. The van der Waals surface area contributed by atoms with Crippen molar-refractivity contribution >= 4 is 17.4 Å². The fourth-order valence-electron chi connectivity index (χ4n) is 2.42. The molecule has 0 bridgehead atoms. The minimum Gasteiger partial charge on any atom is -0.375 e. The van der Waals surface area contributed by atoms with E-state index in [4.69, 9.17) is 16.3 Å². The molecule has 3 rings (SSSR count). The van der Waals surface area contributed by atoms with Crippen LogP contribution in [-0.2, 0) is 11.3 Å². The highest BCUT2D eigenvalue weighted by atomic mass is 35.5. The zero-order valence-electron chi connectivity index (χ0n) is 14.2. The highest BCUT2D eigenvalue weighted by molar-refractivity contribution is 6.30. The second-order valence-corrected chi connectivity index (χ2v) is 6.16. The Bertz CT molecular complexity index is 814. The third-order valence-electron chi connectivity index (χ3n) is 3.61. The number of halogens is 1. The Balaban J connectivity index is 1.44. The van der Waals surface area contributed by atoms with Crippen LogP contribution in [0.15, 0.2) is 42.5 Å². The number of aryl methyl sites for hydroxylation is 2. The number of hydrogen-bond acceptors (Lipinski definition) is 5. The summed E-state index contributed by atoms with van der Waals surface area (Å²) in [5, 5.41) is 16.7. The molecule has 0 aliphatic heterocycles. The monoisotopic (exact) mass is 357 g/mol. The van der Waals surface area contributed by atoms with E-state index in [1.54, 1.807) is 4.68 Å². The molecule has 0 radical (unpaired) electrons. The summed E-state index contributed by atoms with van der Waals surface area (Å²) in [5.74, 6) is 1.41. The first-order valence-corrected chi connectivity index (χ1v) is 8.43. The molecular formula is C18H20ClN5O. The summed E-state index contributed by atoms with van der Waals surface area (Å²) in [7, 11) is 0. The molecule has 0 spiro atoms. The predicted molar refractivity (Wildman–Crippen MR) is 98.2 cm³/mol. The van der Waals surface area contributed by atoms with Crippen molar-refractivity contribution in [2.24, 2.45) is 0 Å². The maximum atomic E-state index is 5.85. The second kappa shape index (κ2) is 8.09. The summed E-state index contributed by atoms with van der Waals surface area (Å²) in [6.07, 6.45) is 0. The van der Waals surface area contributed by atoms with Crippen LogP contribution in [0, 0.1) is 13.8 Å². The van der Waals surface area contributed by atoms with E-state index in [2.05, 4.69) is 20.6 Å². The van der Waals surface area contributed by atoms with Crippen molar-refractivity contribution in [3.8, 4) is 5.82 Å². The molecule has 0 saturated carbocycles. The Hall–Kier alpha value is -2.44. The van der Waals surface area contributed by atoms with E-state index < -0.39 is 0 Å². The highest BCUT2D eigenvalue weighted by Gasteiger charge is 2.05. The smallest absolute Gasteiger partial charge is 0.176 e. The molecule has 7 heteroatoms. The molecule has 1 N–H and O–H groups in total. The van der Waals surface area contributed by atoms with E-state index in [1.165, 1.54) is 0 Å². The van der Waals surface area contributed by atoms with Gasteiger partial charge in [-0.3, -0.25) is 0 Å². The molecule has 130 valence electrons. The standard InChI is InChI=1S/C18H20ClN5O/c1-13-11-14(2)24(23-13)18-8-7-17(21-22-18)20-9-10-25-12-15-3-5-16(19)6-4-15/h3-8,11H,9-10,12H2,1-2H3,(H,20,21). The summed E-state index contributed by atoms with van der Waals surface area (Å²) in [4.78, 5) is 0. The van der Waals surface area contributed by atoms with Crippen LogP contribution in [0.5, 0.6) is 0 Å². The van der Waals surface area contributed by atoms with Gasteiger partial charge in [0, 0.05) is 17.3 Å². The van der Waals surface area contributed by atoms with Crippen LogP contribution in [0.2, 0.25) is 5.02 Å². The van der Waals surface area contributed by atoms with Gasteiger partial charge in [-0.25, -0.2) is 4.68 Å². The Morgan fingerprint density at radius 2 is 1.88 bits per heavy atom. The number of ether oxygens (including phenoxy) is 1. The molecule has 0 amide bonds. The summed E-state index contributed by atoms with van der Waals surface area (Å²) < 4.78 is 7.40. The molecule has 2 heterocycles. The van der Waals surface area contributed by atoms with Crippen molar-refractivity contribution in [2.75, 3.05) is 18.5 Å². The maximum Gasteiger partial charge on any atom is 0.176 e. The molecule has 1 aromatic carbocycles. The van der Waals surface area contributed by atoms with E-state index in [-0.39, 0.29) is 0 Å². The molecule has 0 saturated heterocycles. The Morgan fingerprint density at radius 3 is 2.52 bits per heavy atom. The molecule has 6 nitrogen and oxygen atoms in total. The summed E-state index contributed by atoms with van der Waals surface area (Å²) in [6.45, 7) is 5.73. The molecule has 0 atom stereocenters. The first-order valence-electron chi connectivity index (χ1n) is 8.05. The lowest BCUT2D eigenvalue weighted by atomic mass is 10.2. The van der Waals surface area contributed by atoms with Crippen LogP contribution in [0.3, 0.4) is 0 Å². The molecular weight excluding hydrogens is 338 g/mol. The Morgan fingerprint density at radius 1 is 1.08 bits per heavy atom. The van der Waals surface area contributed by atoms with Crippen molar-refractivity contribution in [3.05, 3.63) is 64.4 Å². The van der Waals surface area contributed by atoms with E-state index in [0.29, 0.717) is 31.4 Å². The lowest BCUT2D eigenvalue weighted by Crippen LogP contribution is -2.11. The van der Waals surface area contributed by atoms with Gasteiger partial charge in [0.2, 0.25) is 0 Å². The third kappa shape index (κ3) is 4.78. The Labute approximate surface area is 151 Å². The quantitative estimate of drug-likeness (QED) is 0.655. The van der Waals surface area contributed by atoms with E-state index in [9.17, 15) is 0 Å². The topological polar surface area (TPSA) is 64.9 Å². The molecule has 25 heavy (non-hydrogen) atoms. The number of benzene rings is 1. The predicted octanol–water partition coefficient (Wildman–Crippen LogP) is 3.56. The molecule has 0 fully saturated rings. The van der Waals surface area contributed by atoms with Crippen LogP contribution >= 0.6 is 11.6 Å². The number of anilines is 1. The molecule has 2 aromatic heterocycles. The van der Waals surface area contributed by atoms with Crippen molar-refractivity contribution in [3.63, 3.8) is 0 Å². The van der Waals surface area contributed by atoms with Crippen LogP contribution in [0.25, 0.3) is 5.82 Å². The van der Waals surface area contributed by atoms with Gasteiger partial charge < -0.3 is 10.1 Å². The van der Waals surface area contributed by atoms with Crippen molar-refractivity contribution in [2.45, 2.75) is 20.5 Å². The van der Waals surface area contributed by atoms with Gasteiger partial charge in [0.05, 0.1) is 18.9 Å². The lowest BCUT2D eigenvalue weighted by molar-refractivity contribution is 0.130. The van der Waals surface area contributed by atoms with Gasteiger partial charge in [0.25, 0.3) is 0 Å². The van der Waals surface area contributed by atoms with Crippen molar-refractivity contribution < 1.29 is 4.74 Å². The van der Waals surface area contributed by atoms with Gasteiger partial charge in [0.1, 0.15) is 5.82 Å². The van der Waals surface area contributed by atoms with Gasteiger partial charge in [-0.15, -0.1) is 10.2 Å². The first-order chi connectivity index (χ1) is 12.1. The average Bonchev–Trinajstić information content (AvgIpc) is 2.95. The van der Waals surface area contributed by atoms with Crippen LogP contribution in [0.4, 0.5) is 5.82 Å². The zero-order chi connectivity index (χ0) is 17.6. The number of nitrogens with zero attached hydrogens (tertiary/aromatic N) is 4. The number of nitrogens with one attached hydrogen (secondary N) is 1. The van der Waals surface area contributed by atoms with Crippen LogP contribution < -0.4 is 5.32 Å². The number of aromatic nitrogens is 4. The van der Waals surface area contributed by atoms with E-state index in [0.717, 1.165) is 22.0 Å². The van der Waals surface area contributed by atoms with Gasteiger partial charge in [-0.2, -0.15) is 5.10 Å². The number of rotatable bonds is 7. The Kier molecular flexibility index (Phi) is 5.63. The van der Waals surface area contributed by atoms with Crippen molar-refractivity contribution in [1.29, 1.82) is 0 Å². The van der Waals surface area contributed by atoms with Gasteiger partial charge in [-0.1, -0.05) is 23.7 Å². The first kappa shape index (κ1) is 17.4. The molecule has 3 aromatic rings. The number of hydrogen-bond donors (Lipinski definition) is 1. The summed E-state index contributed by atoms with van der Waals surface area (Å²) in [6, 6.07) is 13.4. The summed E-state index contributed by atoms with van der Waals surface area (Å²) >= 11 is 5.85. The highest BCUT2D eigenvalue weighted by Crippen LogP contribution is 2.11. The van der Waals surface area contributed by atoms with E-state index >= 15 is 0 Å². The van der Waals surface area contributed by atoms with Gasteiger partial charge in [0.15, 0.2) is 5.82 Å². The normalized spacial score (nSPS) is 10.8. The molecule has 0 unspecified atom stereocenters. The maximum absolute atomic E-state index is 5.85. The van der Waals surface area contributed by atoms with Crippen LogP contribution in [0.1, 0.15) is 17.0 Å². The summed E-state index contributed by atoms with van der Waals surface area (Å²) in [5.41, 5.74) is 3.08. The zero-order valence-corrected chi connectivity index (χ0v) is 15.0. The van der Waals surface area contributed by atoms with E-state index in [1.807, 2.05) is 56.3 Å². The average molecular weight is 358 g/mol.